The molecule has 0 aliphatic heterocycles. The largest absolute Gasteiger partial charge is 0.488 e. The lowest BCUT2D eigenvalue weighted by atomic mass is 9.79. The van der Waals surface area contributed by atoms with Gasteiger partial charge in [0.1, 0.15) is 18.2 Å². The number of ether oxygens (including phenoxy) is 2. The van der Waals surface area contributed by atoms with Crippen LogP contribution in [0.3, 0.4) is 0 Å². The van der Waals surface area contributed by atoms with Crippen LogP contribution in [0.2, 0.25) is 0 Å². The van der Waals surface area contributed by atoms with Crippen molar-refractivity contribution < 1.29 is 18.7 Å². The molecule has 0 saturated heterocycles. The Bertz CT molecular complexity index is 1740. The highest BCUT2D eigenvalue weighted by Gasteiger charge is 2.31. The van der Waals surface area contributed by atoms with Crippen molar-refractivity contribution in [2.45, 2.75) is 38.2 Å². The van der Waals surface area contributed by atoms with Gasteiger partial charge >= 0.3 is 5.97 Å². The van der Waals surface area contributed by atoms with Gasteiger partial charge in [-0.15, -0.1) is 0 Å². The predicted octanol–water partition coefficient (Wildman–Crippen LogP) is 8.60. The van der Waals surface area contributed by atoms with Crippen molar-refractivity contribution in [3.8, 4) is 28.6 Å². The van der Waals surface area contributed by atoms with E-state index in [1.54, 1.807) is 24.3 Å². The standard InChI is InChI=1S/C36H31FN2O3/c1-41-36(40)28-16-14-26(15-17-28)33-34-31(8-5-9-32(34)42-23-25-6-3-2-4-7-25)39(30-20-18-29(37)19-21-30)35(33)27-12-10-24(22-38)11-13-27/h2-9,14-21,24,27H,10-13,23H2,1H3/t24-,27+. The molecule has 1 heterocycles. The number of rotatable bonds is 7. The maximum absolute atomic E-state index is 14.1. The zero-order valence-corrected chi connectivity index (χ0v) is 23.4. The summed E-state index contributed by atoms with van der Waals surface area (Å²) in [6, 6.07) is 32.6. The maximum atomic E-state index is 14.1. The molecule has 4 aromatic carbocycles. The average Bonchev–Trinajstić information content (AvgIpc) is 3.40. The first-order valence-corrected chi connectivity index (χ1v) is 14.3. The fraction of sp³-hybridized carbons (Fsp3) is 0.222. The van der Waals surface area contributed by atoms with Gasteiger partial charge in [-0.05, 0) is 85.3 Å². The molecular weight excluding hydrogens is 527 g/mol. The van der Waals surface area contributed by atoms with Crippen LogP contribution >= 0.6 is 0 Å². The number of hydrogen-bond acceptors (Lipinski definition) is 4. The first-order valence-electron chi connectivity index (χ1n) is 14.3. The Hall–Kier alpha value is -4.89. The summed E-state index contributed by atoms with van der Waals surface area (Å²) in [5, 5.41) is 10.5. The van der Waals surface area contributed by atoms with Crippen LogP contribution in [-0.2, 0) is 11.3 Å². The van der Waals surface area contributed by atoms with E-state index < -0.39 is 5.97 Å². The number of esters is 1. The average molecular weight is 559 g/mol. The molecule has 1 aromatic heterocycles. The lowest BCUT2D eigenvalue weighted by Gasteiger charge is -2.27. The normalized spacial score (nSPS) is 16.6. The molecule has 1 aliphatic carbocycles. The number of nitriles is 1. The van der Waals surface area contributed by atoms with E-state index in [1.807, 2.05) is 54.6 Å². The fourth-order valence-electron chi connectivity index (χ4n) is 6.12. The zero-order chi connectivity index (χ0) is 29.1. The Kier molecular flexibility index (Phi) is 7.74. The third-order valence-electron chi connectivity index (χ3n) is 8.21. The van der Waals surface area contributed by atoms with Crippen LogP contribution in [0.25, 0.3) is 27.7 Å². The van der Waals surface area contributed by atoms with E-state index in [-0.39, 0.29) is 17.7 Å². The highest BCUT2D eigenvalue weighted by molar-refractivity contribution is 6.04. The Morgan fingerprint density at radius 1 is 0.905 bits per heavy atom. The highest BCUT2D eigenvalue weighted by atomic mass is 19.1. The van der Waals surface area contributed by atoms with E-state index in [4.69, 9.17) is 9.47 Å². The monoisotopic (exact) mass is 558 g/mol. The van der Waals surface area contributed by atoms with Crippen LogP contribution < -0.4 is 4.74 Å². The van der Waals surface area contributed by atoms with Crippen molar-refractivity contribution in [3.05, 3.63) is 120 Å². The molecule has 0 radical (unpaired) electrons. The first-order chi connectivity index (χ1) is 20.6. The minimum Gasteiger partial charge on any atom is -0.488 e. The molecule has 0 spiro atoms. The lowest BCUT2D eigenvalue weighted by Crippen LogP contribution is -2.15. The van der Waals surface area contributed by atoms with Crippen molar-refractivity contribution in [2.75, 3.05) is 7.11 Å². The maximum Gasteiger partial charge on any atom is 0.337 e. The molecule has 0 atom stereocenters. The smallest absolute Gasteiger partial charge is 0.337 e. The molecule has 1 fully saturated rings. The van der Waals surface area contributed by atoms with Crippen molar-refractivity contribution in [1.82, 2.24) is 4.57 Å². The molecular formula is C36H31FN2O3. The van der Waals surface area contributed by atoms with Crippen molar-refractivity contribution in [1.29, 1.82) is 5.26 Å². The number of nitrogens with zero attached hydrogens (tertiary/aromatic N) is 2. The topological polar surface area (TPSA) is 64.2 Å². The quantitative estimate of drug-likeness (QED) is 0.188. The molecule has 6 rings (SSSR count). The van der Waals surface area contributed by atoms with Gasteiger partial charge in [0.2, 0.25) is 0 Å². The molecule has 0 N–H and O–H groups in total. The van der Waals surface area contributed by atoms with Crippen LogP contribution in [0.4, 0.5) is 4.39 Å². The Morgan fingerprint density at radius 2 is 1.62 bits per heavy atom. The van der Waals surface area contributed by atoms with Crippen LogP contribution in [0.1, 0.15) is 53.2 Å². The molecule has 1 saturated carbocycles. The van der Waals surface area contributed by atoms with E-state index in [9.17, 15) is 14.4 Å². The van der Waals surface area contributed by atoms with Gasteiger partial charge in [0.05, 0.1) is 29.6 Å². The summed E-state index contributed by atoms with van der Waals surface area (Å²) >= 11 is 0. The van der Waals surface area contributed by atoms with E-state index in [0.29, 0.717) is 12.2 Å². The minimum absolute atomic E-state index is 0.0532. The van der Waals surface area contributed by atoms with E-state index in [2.05, 4.69) is 16.7 Å². The number of benzene rings is 4. The number of fused-ring (bicyclic) bond motifs is 1. The predicted molar refractivity (Wildman–Crippen MR) is 161 cm³/mol. The van der Waals surface area contributed by atoms with Crippen molar-refractivity contribution >= 4 is 16.9 Å². The molecule has 0 amide bonds. The van der Waals surface area contributed by atoms with Crippen LogP contribution in [0.15, 0.2) is 97.1 Å². The van der Waals surface area contributed by atoms with Gasteiger partial charge < -0.3 is 14.0 Å². The first kappa shape index (κ1) is 27.3. The minimum atomic E-state index is -0.391. The number of hydrogen-bond donors (Lipinski definition) is 0. The number of methoxy groups -OCH3 is 1. The number of aromatic nitrogens is 1. The Balaban J connectivity index is 1.60. The molecule has 5 nitrogen and oxygen atoms in total. The molecule has 210 valence electrons. The summed E-state index contributed by atoms with van der Waals surface area (Å²) in [5.74, 6) is 0.284. The highest BCUT2D eigenvalue weighted by Crippen LogP contribution is 2.48. The van der Waals surface area contributed by atoms with E-state index in [0.717, 1.165) is 70.4 Å². The van der Waals surface area contributed by atoms with Gasteiger partial charge in [-0.3, -0.25) is 0 Å². The van der Waals surface area contributed by atoms with Crippen molar-refractivity contribution in [2.24, 2.45) is 5.92 Å². The molecule has 1 aliphatic rings. The number of carbonyl (C=O) groups is 1. The Labute approximate surface area is 244 Å². The molecule has 0 unspecified atom stereocenters. The van der Waals surface area contributed by atoms with Gasteiger partial charge in [0.25, 0.3) is 0 Å². The summed E-state index contributed by atoms with van der Waals surface area (Å²) in [6.45, 7) is 0.408. The molecule has 42 heavy (non-hydrogen) atoms. The van der Waals surface area contributed by atoms with Crippen LogP contribution in [-0.4, -0.2) is 17.6 Å². The number of halogens is 1. The van der Waals surface area contributed by atoms with E-state index in [1.165, 1.54) is 19.2 Å². The van der Waals surface area contributed by atoms with Gasteiger partial charge in [0.15, 0.2) is 0 Å². The zero-order valence-electron chi connectivity index (χ0n) is 23.4. The van der Waals surface area contributed by atoms with Crippen LogP contribution in [0, 0.1) is 23.1 Å². The third kappa shape index (κ3) is 5.26. The second-order valence-electron chi connectivity index (χ2n) is 10.7. The van der Waals surface area contributed by atoms with Gasteiger partial charge in [-0.25, -0.2) is 9.18 Å². The molecule has 6 heteroatoms. The Morgan fingerprint density at radius 3 is 2.29 bits per heavy atom. The van der Waals surface area contributed by atoms with Crippen LogP contribution in [0.5, 0.6) is 5.75 Å². The SMILES string of the molecule is COC(=O)c1ccc(-c2c3c(OCc4ccccc4)cccc3n(-c3ccc(F)cc3)c2[C@H]2CC[C@@H](C#N)CC2)cc1. The van der Waals surface area contributed by atoms with Gasteiger partial charge in [0, 0.05) is 28.8 Å². The van der Waals surface area contributed by atoms with Crippen molar-refractivity contribution in [3.63, 3.8) is 0 Å². The second-order valence-corrected chi connectivity index (χ2v) is 10.7. The summed E-state index contributed by atoms with van der Waals surface area (Å²) in [6.07, 6.45) is 3.38. The molecule has 0 bridgehead atoms. The lowest BCUT2D eigenvalue weighted by molar-refractivity contribution is 0.0600. The summed E-state index contributed by atoms with van der Waals surface area (Å²) in [5.41, 5.74) is 6.42. The summed E-state index contributed by atoms with van der Waals surface area (Å²) in [7, 11) is 1.37. The van der Waals surface area contributed by atoms with Gasteiger partial charge in [-0.2, -0.15) is 5.26 Å². The second kappa shape index (κ2) is 11.9. The van der Waals surface area contributed by atoms with E-state index >= 15 is 0 Å². The molecule has 5 aromatic rings. The number of carbonyl (C=O) groups excluding carboxylic acids is 1. The summed E-state index contributed by atoms with van der Waals surface area (Å²) in [4.78, 5) is 12.2. The third-order valence-corrected chi connectivity index (χ3v) is 8.21. The summed E-state index contributed by atoms with van der Waals surface area (Å²) < 4.78 is 27.7. The van der Waals surface area contributed by atoms with Gasteiger partial charge in [-0.1, -0.05) is 48.5 Å². The fourth-order valence-corrected chi connectivity index (χ4v) is 6.12.